The smallest absolute Gasteiger partial charge is 0.257 e. The number of pyridine rings is 1. The molecule has 0 unspecified atom stereocenters. The van der Waals surface area contributed by atoms with E-state index in [0.29, 0.717) is 17.4 Å². The SMILES string of the molecule is CCN1CCC(Nc2c(Br)cnc3nc(-c4ccc(OCC(=O)NC)c(C)c4)[nH]c23)CC1. The van der Waals surface area contributed by atoms with Gasteiger partial charge >= 0.3 is 0 Å². The van der Waals surface area contributed by atoms with Gasteiger partial charge in [-0.15, -0.1) is 0 Å². The van der Waals surface area contributed by atoms with Gasteiger partial charge in [0.15, 0.2) is 12.3 Å². The lowest BCUT2D eigenvalue weighted by Gasteiger charge is -2.32. The number of nitrogens with one attached hydrogen (secondary N) is 3. The number of likely N-dealkylation sites (tertiary alicyclic amines) is 1. The van der Waals surface area contributed by atoms with Gasteiger partial charge in [-0.1, -0.05) is 6.92 Å². The minimum Gasteiger partial charge on any atom is -0.484 e. The third-order valence-electron chi connectivity index (χ3n) is 5.94. The van der Waals surface area contributed by atoms with E-state index in [1.54, 1.807) is 13.2 Å². The van der Waals surface area contributed by atoms with Crippen LogP contribution in [0.1, 0.15) is 25.3 Å². The molecule has 0 saturated carbocycles. The Kier molecular flexibility index (Phi) is 6.95. The van der Waals surface area contributed by atoms with Crippen LogP contribution in [0.5, 0.6) is 5.75 Å². The van der Waals surface area contributed by atoms with Crippen molar-refractivity contribution in [1.82, 2.24) is 25.2 Å². The molecule has 2 aromatic heterocycles. The standard InChI is InChI=1S/C23H29BrN6O2/c1-4-30-9-7-16(8-10-30)27-20-17(24)12-26-23-21(20)28-22(29-23)15-5-6-18(14(2)11-15)32-13-19(31)25-3/h5-6,11-12,16H,4,7-10,13H2,1-3H3,(H,25,31)(H2,26,27,28,29). The number of hydrogen-bond donors (Lipinski definition) is 3. The van der Waals surface area contributed by atoms with Crippen molar-refractivity contribution < 1.29 is 9.53 Å². The molecule has 0 atom stereocenters. The van der Waals surface area contributed by atoms with Crippen LogP contribution in [-0.2, 0) is 4.79 Å². The predicted octanol–water partition coefficient (Wildman–Crippen LogP) is 3.72. The third-order valence-corrected chi connectivity index (χ3v) is 6.54. The number of piperidine rings is 1. The molecule has 32 heavy (non-hydrogen) atoms. The molecular formula is C23H29BrN6O2. The second-order valence-corrected chi connectivity index (χ2v) is 8.91. The number of aromatic amines is 1. The van der Waals surface area contributed by atoms with Gasteiger partial charge in [0.05, 0.1) is 10.2 Å². The first-order chi connectivity index (χ1) is 15.5. The summed E-state index contributed by atoms with van der Waals surface area (Å²) in [5.74, 6) is 1.26. The van der Waals surface area contributed by atoms with Crippen LogP contribution < -0.4 is 15.4 Å². The van der Waals surface area contributed by atoms with Gasteiger partial charge in [-0.05, 0) is 66.0 Å². The second-order valence-electron chi connectivity index (χ2n) is 8.06. The fourth-order valence-corrected chi connectivity index (χ4v) is 4.40. The number of likely N-dealkylation sites (N-methyl/N-ethyl adjacent to an activating group) is 1. The fourth-order valence-electron chi connectivity index (χ4n) is 3.98. The van der Waals surface area contributed by atoms with Crippen LogP contribution in [0.25, 0.3) is 22.6 Å². The van der Waals surface area contributed by atoms with Crippen molar-refractivity contribution in [3.8, 4) is 17.1 Å². The van der Waals surface area contributed by atoms with Crippen LogP contribution >= 0.6 is 15.9 Å². The van der Waals surface area contributed by atoms with E-state index in [-0.39, 0.29) is 12.5 Å². The van der Waals surface area contributed by atoms with Crippen molar-refractivity contribution >= 4 is 38.7 Å². The highest BCUT2D eigenvalue weighted by Crippen LogP contribution is 2.33. The molecule has 1 aliphatic heterocycles. The molecular weight excluding hydrogens is 472 g/mol. The maximum absolute atomic E-state index is 11.4. The van der Waals surface area contributed by atoms with Crippen LogP contribution in [0.15, 0.2) is 28.9 Å². The molecule has 0 bridgehead atoms. The Morgan fingerprint density at radius 2 is 2.12 bits per heavy atom. The maximum atomic E-state index is 11.4. The van der Waals surface area contributed by atoms with E-state index in [4.69, 9.17) is 9.72 Å². The lowest BCUT2D eigenvalue weighted by molar-refractivity contribution is -0.122. The van der Waals surface area contributed by atoms with Crippen LogP contribution in [0, 0.1) is 6.92 Å². The first kappa shape index (κ1) is 22.5. The van der Waals surface area contributed by atoms with Gasteiger partial charge in [0.25, 0.3) is 5.91 Å². The van der Waals surface area contributed by atoms with Crippen LogP contribution in [0.4, 0.5) is 5.69 Å². The third kappa shape index (κ3) is 4.88. The summed E-state index contributed by atoms with van der Waals surface area (Å²) < 4.78 is 6.52. The lowest BCUT2D eigenvalue weighted by atomic mass is 10.0. The number of H-pyrrole nitrogens is 1. The molecule has 1 aromatic carbocycles. The first-order valence-electron chi connectivity index (χ1n) is 11.0. The molecule has 0 spiro atoms. The van der Waals surface area contributed by atoms with Crippen LogP contribution in [-0.4, -0.2) is 65.1 Å². The number of rotatable bonds is 7. The number of carbonyl (C=O) groups excluding carboxylic acids is 1. The minimum absolute atomic E-state index is 0.00845. The molecule has 3 aromatic rings. The number of imidazole rings is 1. The molecule has 0 radical (unpaired) electrons. The number of hydrogen-bond acceptors (Lipinski definition) is 6. The number of anilines is 1. The molecule has 1 saturated heterocycles. The number of amides is 1. The van der Waals surface area contributed by atoms with Crippen LogP contribution in [0.3, 0.4) is 0 Å². The average Bonchev–Trinajstić information content (AvgIpc) is 3.25. The molecule has 170 valence electrons. The number of halogens is 1. The van der Waals surface area contributed by atoms with Crippen molar-refractivity contribution in [2.75, 3.05) is 38.6 Å². The summed E-state index contributed by atoms with van der Waals surface area (Å²) in [7, 11) is 1.59. The molecule has 4 rings (SSSR count). The molecule has 1 aliphatic rings. The minimum atomic E-state index is -0.164. The zero-order chi connectivity index (χ0) is 22.7. The molecule has 3 N–H and O–H groups in total. The van der Waals surface area contributed by atoms with Crippen LogP contribution in [0.2, 0.25) is 0 Å². The van der Waals surface area contributed by atoms with Gasteiger partial charge in [0.1, 0.15) is 17.1 Å². The number of aromatic nitrogens is 3. The van der Waals surface area contributed by atoms with Crippen molar-refractivity contribution in [3.05, 3.63) is 34.4 Å². The molecule has 1 fully saturated rings. The zero-order valence-electron chi connectivity index (χ0n) is 18.7. The van der Waals surface area contributed by atoms with Gasteiger partial charge in [0, 0.05) is 37.9 Å². The van der Waals surface area contributed by atoms with Gasteiger partial charge in [-0.3, -0.25) is 4.79 Å². The second kappa shape index (κ2) is 9.87. The summed E-state index contributed by atoms with van der Waals surface area (Å²) >= 11 is 3.66. The van der Waals surface area contributed by atoms with E-state index < -0.39 is 0 Å². The van der Waals surface area contributed by atoms with Gasteiger partial charge in [-0.25, -0.2) is 9.97 Å². The van der Waals surface area contributed by atoms with Crippen molar-refractivity contribution in [1.29, 1.82) is 0 Å². The summed E-state index contributed by atoms with van der Waals surface area (Å²) in [4.78, 5) is 26.6. The fraction of sp³-hybridized carbons (Fsp3) is 0.435. The number of benzene rings is 1. The molecule has 3 heterocycles. The Hall–Kier alpha value is -2.65. The van der Waals surface area contributed by atoms with E-state index in [1.165, 1.54) is 0 Å². The highest BCUT2D eigenvalue weighted by Gasteiger charge is 2.21. The Morgan fingerprint density at radius 3 is 2.81 bits per heavy atom. The quantitative estimate of drug-likeness (QED) is 0.457. The largest absolute Gasteiger partial charge is 0.484 e. The monoisotopic (exact) mass is 500 g/mol. The van der Waals surface area contributed by atoms with E-state index in [2.05, 4.69) is 48.4 Å². The lowest BCUT2D eigenvalue weighted by Crippen LogP contribution is -2.38. The zero-order valence-corrected chi connectivity index (χ0v) is 20.3. The van der Waals surface area contributed by atoms with E-state index in [1.807, 2.05) is 25.1 Å². The van der Waals surface area contributed by atoms with Gasteiger partial charge < -0.3 is 25.3 Å². The van der Waals surface area contributed by atoms with Crippen molar-refractivity contribution in [3.63, 3.8) is 0 Å². The Balaban J connectivity index is 1.57. The average molecular weight is 501 g/mol. The van der Waals surface area contributed by atoms with Crippen molar-refractivity contribution in [2.24, 2.45) is 0 Å². The number of nitrogens with zero attached hydrogens (tertiary/aromatic N) is 3. The van der Waals surface area contributed by atoms with Crippen molar-refractivity contribution in [2.45, 2.75) is 32.7 Å². The number of carbonyl (C=O) groups is 1. The molecule has 1 amide bonds. The molecule has 9 heteroatoms. The Bertz CT molecular complexity index is 1110. The summed E-state index contributed by atoms with van der Waals surface area (Å²) in [6, 6.07) is 6.22. The maximum Gasteiger partial charge on any atom is 0.257 e. The predicted molar refractivity (Wildman–Crippen MR) is 130 cm³/mol. The highest BCUT2D eigenvalue weighted by atomic mass is 79.9. The van der Waals surface area contributed by atoms with Gasteiger partial charge in [-0.2, -0.15) is 0 Å². The Labute approximate surface area is 196 Å². The number of ether oxygens (including phenoxy) is 1. The highest BCUT2D eigenvalue weighted by molar-refractivity contribution is 9.10. The summed E-state index contributed by atoms with van der Waals surface area (Å²) in [5, 5.41) is 6.27. The topological polar surface area (TPSA) is 95.2 Å². The summed E-state index contributed by atoms with van der Waals surface area (Å²) in [5.41, 5.74) is 4.44. The summed E-state index contributed by atoms with van der Waals surface area (Å²) in [6.07, 6.45) is 4.03. The normalized spacial score (nSPS) is 15.1. The van der Waals surface area contributed by atoms with E-state index in [9.17, 15) is 4.79 Å². The Morgan fingerprint density at radius 1 is 1.34 bits per heavy atom. The number of fused-ring (bicyclic) bond motifs is 1. The molecule has 8 nitrogen and oxygen atoms in total. The van der Waals surface area contributed by atoms with Gasteiger partial charge in [0.2, 0.25) is 0 Å². The van der Waals surface area contributed by atoms with E-state index in [0.717, 1.165) is 65.1 Å². The van der Waals surface area contributed by atoms with E-state index >= 15 is 0 Å². The molecule has 0 aliphatic carbocycles. The summed E-state index contributed by atoms with van der Waals surface area (Å²) in [6.45, 7) is 7.49. The first-order valence-corrected chi connectivity index (χ1v) is 11.7. The number of aryl methyl sites for hydroxylation is 1.